The van der Waals surface area contributed by atoms with Gasteiger partial charge in [-0.2, -0.15) is 0 Å². The molecule has 0 N–H and O–H groups in total. The van der Waals surface area contributed by atoms with Crippen molar-refractivity contribution < 1.29 is 14.1 Å². The lowest BCUT2D eigenvalue weighted by molar-refractivity contribution is 0.112. The SMILES string of the molecule is O=Cc1ccccc1B1OCCCO1. The maximum Gasteiger partial charge on any atom is 0.494 e. The minimum atomic E-state index is -0.370. The molecule has 0 saturated carbocycles. The van der Waals surface area contributed by atoms with Gasteiger partial charge in [0.25, 0.3) is 0 Å². The number of carbonyl (C=O) groups is 1. The topological polar surface area (TPSA) is 35.5 Å². The molecule has 0 bridgehead atoms. The summed E-state index contributed by atoms with van der Waals surface area (Å²) in [5.74, 6) is 0. The van der Waals surface area contributed by atoms with E-state index in [1.807, 2.05) is 18.2 Å². The molecule has 0 unspecified atom stereocenters. The summed E-state index contributed by atoms with van der Waals surface area (Å²) in [6, 6.07) is 7.34. The van der Waals surface area contributed by atoms with Crippen LogP contribution in [0.4, 0.5) is 0 Å². The van der Waals surface area contributed by atoms with Crippen molar-refractivity contribution >= 4 is 18.9 Å². The molecule has 1 fully saturated rings. The van der Waals surface area contributed by atoms with E-state index in [1.165, 1.54) is 0 Å². The van der Waals surface area contributed by atoms with Gasteiger partial charge >= 0.3 is 7.12 Å². The maximum absolute atomic E-state index is 10.8. The molecule has 1 heterocycles. The van der Waals surface area contributed by atoms with E-state index in [1.54, 1.807) is 6.07 Å². The van der Waals surface area contributed by atoms with Crippen molar-refractivity contribution in [2.45, 2.75) is 6.42 Å². The van der Waals surface area contributed by atoms with Crippen molar-refractivity contribution in [1.82, 2.24) is 0 Å². The number of hydrogen-bond acceptors (Lipinski definition) is 3. The van der Waals surface area contributed by atoms with Crippen LogP contribution in [0.1, 0.15) is 16.8 Å². The molecule has 1 aromatic rings. The number of aldehydes is 1. The second-order valence-corrected chi connectivity index (χ2v) is 3.17. The van der Waals surface area contributed by atoms with Crippen LogP contribution in [0, 0.1) is 0 Å². The van der Waals surface area contributed by atoms with Crippen LogP contribution in [0.15, 0.2) is 24.3 Å². The van der Waals surface area contributed by atoms with Crippen molar-refractivity contribution in [2.24, 2.45) is 0 Å². The summed E-state index contributed by atoms with van der Waals surface area (Å²) >= 11 is 0. The van der Waals surface area contributed by atoms with Gasteiger partial charge in [0.1, 0.15) is 6.29 Å². The van der Waals surface area contributed by atoms with Gasteiger partial charge in [-0.25, -0.2) is 0 Å². The summed E-state index contributed by atoms with van der Waals surface area (Å²) < 4.78 is 10.9. The van der Waals surface area contributed by atoms with Crippen molar-refractivity contribution in [3.05, 3.63) is 29.8 Å². The van der Waals surface area contributed by atoms with Gasteiger partial charge in [0.2, 0.25) is 0 Å². The molecule has 0 spiro atoms. The van der Waals surface area contributed by atoms with E-state index in [0.29, 0.717) is 18.8 Å². The molecule has 1 aromatic carbocycles. The molecule has 1 aliphatic heterocycles. The summed E-state index contributed by atoms with van der Waals surface area (Å²) in [5, 5.41) is 0. The van der Waals surface area contributed by atoms with Gasteiger partial charge in [-0.15, -0.1) is 0 Å². The Hall–Kier alpha value is -1.13. The van der Waals surface area contributed by atoms with Gasteiger partial charge in [0.05, 0.1) is 0 Å². The third-order valence-corrected chi connectivity index (χ3v) is 2.20. The smallest absolute Gasteiger partial charge is 0.407 e. The van der Waals surface area contributed by atoms with Crippen LogP contribution >= 0.6 is 0 Å². The standard InChI is InChI=1S/C10H11BO3/c12-8-9-4-1-2-5-10(9)11-13-6-3-7-14-11/h1-2,4-5,8H,3,6-7H2. The molecule has 72 valence electrons. The van der Waals surface area contributed by atoms with Crippen LogP contribution in [-0.2, 0) is 9.31 Å². The zero-order valence-corrected chi connectivity index (χ0v) is 7.81. The first-order valence-electron chi connectivity index (χ1n) is 4.69. The van der Waals surface area contributed by atoms with Gasteiger partial charge < -0.3 is 9.31 Å². The van der Waals surface area contributed by atoms with Crippen LogP contribution < -0.4 is 5.46 Å². The molecule has 14 heavy (non-hydrogen) atoms. The van der Waals surface area contributed by atoms with Gasteiger partial charge in [0, 0.05) is 18.8 Å². The van der Waals surface area contributed by atoms with E-state index in [4.69, 9.17) is 9.31 Å². The highest BCUT2D eigenvalue weighted by molar-refractivity contribution is 6.62. The van der Waals surface area contributed by atoms with Gasteiger partial charge in [-0.05, 0) is 11.9 Å². The molecule has 0 radical (unpaired) electrons. The molecule has 2 rings (SSSR count). The fourth-order valence-electron chi connectivity index (χ4n) is 1.50. The molecule has 0 aromatic heterocycles. The van der Waals surface area contributed by atoms with Crippen molar-refractivity contribution in [1.29, 1.82) is 0 Å². The monoisotopic (exact) mass is 190 g/mol. The summed E-state index contributed by atoms with van der Waals surface area (Å²) in [7, 11) is -0.370. The van der Waals surface area contributed by atoms with E-state index < -0.39 is 0 Å². The highest BCUT2D eigenvalue weighted by Crippen LogP contribution is 2.04. The second kappa shape index (κ2) is 4.40. The first-order chi connectivity index (χ1) is 6.92. The molecule has 0 atom stereocenters. The highest BCUT2D eigenvalue weighted by atomic mass is 16.6. The number of rotatable bonds is 2. The van der Waals surface area contributed by atoms with Crippen molar-refractivity contribution in [2.75, 3.05) is 13.2 Å². The molecule has 1 aliphatic rings. The minimum absolute atomic E-state index is 0.370. The molecule has 3 nitrogen and oxygen atoms in total. The Morgan fingerprint density at radius 3 is 2.64 bits per heavy atom. The number of carbonyl (C=O) groups excluding carboxylic acids is 1. The summed E-state index contributed by atoms with van der Waals surface area (Å²) in [6.45, 7) is 1.38. The Labute approximate surface area is 83.2 Å². The predicted molar refractivity (Wildman–Crippen MR) is 53.7 cm³/mol. The molecular weight excluding hydrogens is 179 g/mol. The van der Waals surface area contributed by atoms with E-state index >= 15 is 0 Å². The Morgan fingerprint density at radius 1 is 1.21 bits per heavy atom. The van der Waals surface area contributed by atoms with Gasteiger partial charge in [-0.3, -0.25) is 4.79 Å². The van der Waals surface area contributed by atoms with E-state index in [2.05, 4.69) is 0 Å². The summed E-state index contributed by atoms with van der Waals surface area (Å²) in [5.41, 5.74) is 1.46. The van der Waals surface area contributed by atoms with E-state index in [-0.39, 0.29) is 7.12 Å². The Bertz CT molecular complexity index is 321. The van der Waals surface area contributed by atoms with E-state index in [9.17, 15) is 4.79 Å². The number of hydrogen-bond donors (Lipinski definition) is 0. The summed E-state index contributed by atoms with van der Waals surface area (Å²) in [4.78, 5) is 10.8. The lowest BCUT2D eigenvalue weighted by Crippen LogP contribution is -2.42. The van der Waals surface area contributed by atoms with Gasteiger partial charge in [-0.1, -0.05) is 24.3 Å². The van der Waals surface area contributed by atoms with Crippen LogP contribution in [0.5, 0.6) is 0 Å². The third kappa shape index (κ3) is 1.86. The highest BCUT2D eigenvalue weighted by Gasteiger charge is 2.26. The molecular formula is C10H11BO3. The fraction of sp³-hybridized carbons (Fsp3) is 0.300. The quantitative estimate of drug-likeness (QED) is 0.506. The molecule has 0 amide bonds. The second-order valence-electron chi connectivity index (χ2n) is 3.17. The van der Waals surface area contributed by atoms with Crippen molar-refractivity contribution in [3.63, 3.8) is 0 Å². The normalized spacial score (nSPS) is 16.7. The van der Waals surface area contributed by atoms with Crippen LogP contribution in [0.3, 0.4) is 0 Å². The Morgan fingerprint density at radius 2 is 1.93 bits per heavy atom. The van der Waals surface area contributed by atoms with Crippen LogP contribution in [-0.4, -0.2) is 26.6 Å². The third-order valence-electron chi connectivity index (χ3n) is 2.20. The molecule has 0 aliphatic carbocycles. The van der Waals surface area contributed by atoms with E-state index in [0.717, 1.165) is 18.2 Å². The number of benzene rings is 1. The predicted octanol–water partition coefficient (Wildman–Crippen LogP) is 0.631. The average Bonchev–Trinajstić information content (AvgIpc) is 2.30. The average molecular weight is 190 g/mol. The van der Waals surface area contributed by atoms with Crippen LogP contribution in [0.2, 0.25) is 0 Å². The zero-order chi connectivity index (χ0) is 9.80. The first-order valence-corrected chi connectivity index (χ1v) is 4.69. The van der Waals surface area contributed by atoms with Crippen LogP contribution in [0.25, 0.3) is 0 Å². The van der Waals surface area contributed by atoms with Crippen molar-refractivity contribution in [3.8, 4) is 0 Å². The summed E-state index contributed by atoms with van der Waals surface area (Å²) in [6.07, 6.45) is 1.75. The fourth-order valence-corrected chi connectivity index (χ4v) is 1.50. The minimum Gasteiger partial charge on any atom is -0.407 e. The van der Waals surface area contributed by atoms with Gasteiger partial charge in [0.15, 0.2) is 0 Å². The molecule has 4 heteroatoms. The molecule has 1 saturated heterocycles. The Balaban J connectivity index is 2.24. The largest absolute Gasteiger partial charge is 0.494 e. The maximum atomic E-state index is 10.8. The zero-order valence-electron chi connectivity index (χ0n) is 7.81. The first kappa shape index (κ1) is 9.43. The lowest BCUT2D eigenvalue weighted by atomic mass is 9.75. The lowest BCUT2D eigenvalue weighted by Gasteiger charge is -2.20. The Kier molecular flexibility index (Phi) is 2.96.